The Bertz CT molecular complexity index is 1290. The number of aryl methyl sites for hydroxylation is 2. The summed E-state index contributed by atoms with van der Waals surface area (Å²) >= 11 is 13.5. The summed E-state index contributed by atoms with van der Waals surface area (Å²) in [5.74, 6) is 0.536. The molecule has 0 aliphatic heterocycles. The Morgan fingerprint density at radius 2 is 1.89 bits per heavy atom. The minimum absolute atomic E-state index is 0.141. The van der Waals surface area contributed by atoms with E-state index in [-0.39, 0.29) is 28.5 Å². The first kappa shape index (κ1) is 28.8. The summed E-state index contributed by atoms with van der Waals surface area (Å²) in [6.45, 7) is 12.3. The number of carbonyl (C=O) groups excluding carboxylic acids is 2. The smallest absolute Gasteiger partial charge is 0.253 e. The number of aromatic nitrogens is 3. The predicted molar refractivity (Wildman–Crippen MR) is 152 cm³/mol. The lowest BCUT2D eigenvalue weighted by atomic mass is 10.0. The molecule has 0 aliphatic rings. The number of allylic oxidation sites excluding steroid dienone is 1. The number of hydrogen-bond donors (Lipinski definition) is 2. The van der Waals surface area contributed by atoms with Gasteiger partial charge in [0.1, 0.15) is 0 Å². The monoisotopic (exact) mass is 559 g/mol. The van der Waals surface area contributed by atoms with Gasteiger partial charge in [-0.3, -0.25) is 9.59 Å². The second kappa shape index (κ2) is 13.1. The Morgan fingerprint density at radius 3 is 2.57 bits per heavy atom. The van der Waals surface area contributed by atoms with Gasteiger partial charge < -0.3 is 15.2 Å². The van der Waals surface area contributed by atoms with Crippen molar-refractivity contribution in [2.75, 3.05) is 11.1 Å². The lowest BCUT2D eigenvalue weighted by Gasteiger charge is -2.21. The van der Waals surface area contributed by atoms with Gasteiger partial charge in [-0.1, -0.05) is 67.0 Å². The quantitative estimate of drug-likeness (QED) is 0.203. The molecule has 1 atom stereocenters. The molecule has 10 heteroatoms. The maximum atomic E-state index is 13.1. The van der Waals surface area contributed by atoms with E-state index >= 15 is 0 Å². The van der Waals surface area contributed by atoms with Crippen LogP contribution in [0.4, 0.5) is 5.69 Å². The van der Waals surface area contributed by atoms with Gasteiger partial charge in [-0.05, 0) is 61.6 Å². The normalized spacial score (nSPS) is 11.9. The molecule has 1 aromatic heterocycles. The maximum absolute atomic E-state index is 13.1. The molecule has 0 unspecified atom stereocenters. The van der Waals surface area contributed by atoms with Gasteiger partial charge in [0, 0.05) is 17.3 Å². The lowest BCUT2D eigenvalue weighted by Crippen LogP contribution is -2.32. The van der Waals surface area contributed by atoms with Gasteiger partial charge >= 0.3 is 0 Å². The zero-order chi connectivity index (χ0) is 27.1. The van der Waals surface area contributed by atoms with E-state index in [0.29, 0.717) is 34.5 Å². The highest BCUT2D eigenvalue weighted by Gasteiger charge is 2.25. The molecule has 196 valence electrons. The van der Waals surface area contributed by atoms with Crippen LogP contribution in [0.15, 0.2) is 54.2 Å². The number of carbonyl (C=O) groups is 2. The summed E-state index contributed by atoms with van der Waals surface area (Å²) in [5, 5.41) is 16.0. The third-order valence-electron chi connectivity index (χ3n) is 5.56. The Kier molecular flexibility index (Phi) is 10.2. The summed E-state index contributed by atoms with van der Waals surface area (Å²) in [6, 6.07) is 10.3. The van der Waals surface area contributed by atoms with E-state index in [2.05, 4.69) is 41.3 Å². The highest BCUT2D eigenvalue weighted by molar-refractivity contribution is 7.99. The van der Waals surface area contributed by atoms with Gasteiger partial charge in [0.25, 0.3) is 5.91 Å². The molecule has 0 fully saturated rings. The van der Waals surface area contributed by atoms with E-state index in [9.17, 15) is 9.59 Å². The minimum Gasteiger partial charge on any atom is -0.342 e. The van der Waals surface area contributed by atoms with Crippen LogP contribution < -0.4 is 10.6 Å². The van der Waals surface area contributed by atoms with E-state index in [4.69, 9.17) is 23.2 Å². The summed E-state index contributed by atoms with van der Waals surface area (Å²) in [4.78, 5) is 25.8. The molecule has 0 radical (unpaired) electrons. The van der Waals surface area contributed by atoms with Crippen LogP contribution in [-0.4, -0.2) is 32.3 Å². The number of amides is 2. The molecule has 1 heterocycles. The Morgan fingerprint density at radius 1 is 1.14 bits per heavy atom. The average Bonchev–Trinajstić information content (AvgIpc) is 3.22. The van der Waals surface area contributed by atoms with E-state index in [1.165, 1.54) is 17.8 Å². The number of anilines is 1. The molecule has 3 rings (SSSR count). The van der Waals surface area contributed by atoms with Crippen molar-refractivity contribution in [1.82, 2.24) is 20.1 Å². The second-order valence-electron chi connectivity index (χ2n) is 9.18. The van der Waals surface area contributed by atoms with Crippen LogP contribution in [0.5, 0.6) is 0 Å². The van der Waals surface area contributed by atoms with Crippen molar-refractivity contribution in [2.24, 2.45) is 5.92 Å². The van der Waals surface area contributed by atoms with Crippen molar-refractivity contribution in [2.45, 2.75) is 51.9 Å². The van der Waals surface area contributed by atoms with Crippen molar-refractivity contribution in [3.63, 3.8) is 0 Å². The molecule has 0 bridgehead atoms. The number of nitrogens with zero attached hydrogens (tertiary/aromatic N) is 3. The standard InChI is InChI=1S/C27H31Cl2N5O2S/c1-6-11-34-25(23(12-16(2)3)31-26(36)20-10-9-19(28)14-21(20)29)32-33-27(34)37-15-24(35)30-22-13-17(4)7-8-18(22)5/h6-10,13-14,16,23H,1,11-12,15H2,2-5H3,(H,30,35)(H,31,36)/t23-/m1/s1. The topological polar surface area (TPSA) is 88.9 Å². The molecular formula is C27H31Cl2N5O2S. The summed E-state index contributed by atoms with van der Waals surface area (Å²) in [6.07, 6.45) is 2.36. The summed E-state index contributed by atoms with van der Waals surface area (Å²) in [5.41, 5.74) is 3.18. The third kappa shape index (κ3) is 7.84. The first-order valence-corrected chi connectivity index (χ1v) is 13.6. The Hall–Kier alpha value is -2.81. The average molecular weight is 561 g/mol. The van der Waals surface area contributed by atoms with E-state index in [1.807, 2.05) is 36.6 Å². The molecule has 2 N–H and O–H groups in total. The van der Waals surface area contributed by atoms with Crippen molar-refractivity contribution < 1.29 is 9.59 Å². The predicted octanol–water partition coefficient (Wildman–Crippen LogP) is 6.64. The van der Waals surface area contributed by atoms with Crippen LogP contribution in [0.2, 0.25) is 10.0 Å². The Labute approximate surface area is 232 Å². The number of thioether (sulfide) groups is 1. The van der Waals surface area contributed by atoms with Crippen LogP contribution in [0.25, 0.3) is 0 Å². The first-order chi connectivity index (χ1) is 17.6. The van der Waals surface area contributed by atoms with Gasteiger partial charge in [-0.15, -0.1) is 16.8 Å². The van der Waals surface area contributed by atoms with Crippen LogP contribution in [0, 0.1) is 19.8 Å². The fourth-order valence-corrected chi connectivity index (χ4v) is 5.01. The molecule has 3 aromatic rings. The molecule has 2 aromatic carbocycles. The molecular weight excluding hydrogens is 529 g/mol. The zero-order valence-electron chi connectivity index (χ0n) is 21.3. The molecule has 2 amide bonds. The molecule has 37 heavy (non-hydrogen) atoms. The summed E-state index contributed by atoms with van der Waals surface area (Å²) in [7, 11) is 0. The molecule has 0 aliphatic carbocycles. The van der Waals surface area contributed by atoms with Crippen molar-refractivity contribution >= 4 is 52.5 Å². The molecule has 0 saturated carbocycles. The Balaban J connectivity index is 1.79. The number of hydrogen-bond acceptors (Lipinski definition) is 5. The number of benzene rings is 2. The third-order valence-corrected chi connectivity index (χ3v) is 7.07. The van der Waals surface area contributed by atoms with E-state index in [0.717, 1.165) is 16.8 Å². The number of halogens is 2. The van der Waals surface area contributed by atoms with Gasteiger partial charge in [-0.25, -0.2) is 0 Å². The fraction of sp³-hybridized carbons (Fsp3) is 0.333. The van der Waals surface area contributed by atoms with E-state index < -0.39 is 6.04 Å². The van der Waals surface area contributed by atoms with Gasteiger partial charge in [-0.2, -0.15) is 0 Å². The second-order valence-corrected chi connectivity index (χ2v) is 11.0. The van der Waals surface area contributed by atoms with Crippen molar-refractivity contribution in [3.05, 3.63) is 81.6 Å². The zero-order valence-corrected chi connectivity index (χ0v) is 23.7. The van der Waals surface area contributed by atoms with Crippen LogP contribution in [0.3, 0.4) is 0 Å². The van der Waals surface area contributed by atoms with Gasteiger partial charge in [0.15, 0.2) is 11.0 Å². The lowest BCUT2D eigenvalue weighted by molar-refractivity contribution is -0.113. The largest absolute Gasteiger partial charge is 0.342 e. The first-order valence-electron chi connectivity index (χ1n) is 11.9. The van der Waals surface area contributed by atoms with E-state index in [1.54, 1.807) is 18.2 Å². The molecule has 0 saturated heterocycles. The molecule has 7 nitrogen and oxygen atoms in total. The van der Waals surface area contributed by atoms with Gasteiger partial charge in [0.2, 0.25) is 5.91 Å². The number of rotatable bonds is 11. The molecule has 0 spiro atoms. The van der Waals surface area contributed by atoms with Crippen LogP contribution in [-0.2, 0) is 11.3 Å². The number of nitrogens with one attached hydrogen (secondary N) is 2. The van der Waals surface area contributed by atoms with Crippen molar-refractivity contribution in [1.29, 1.82) is 0 Å². The maximum Gasteiger partial charge on any atom is 0.253 e. The highest BCUT2D eigenvalue weighted by Crippen LogP contribution is 2.27. The van der Waals surface area contributed by atoms with Crippen LogP contribution in [0.1, 0.15) is 53.6 Å². The van der Waals surface area contributed by atoms with Gasteiger partial charge in [0.05, 0.1) is 22.4 Å². The highest BCUT2D eigenvalue weighted by atomic mass is 35.5. The summed E-state index contributed by atoms with van der Waals surface area (Å²) < 4.78 is 1.87. The fourth-order valence-electron chi connectivity index (χ4n) is 3.76. The minimum atomic E-state index is -0.426. The van der Waals surface area contributed by atoms with Crippen LogP contribution >= 0.6 is 35.0 Å². The SMILES string of the molecule is C=CCn1c(SCC(=O)Nc2cc(C)ccc2C)nnc1[C@@H](CC(C)C)NC(=O)c1ccc(Cl)cc1Cl. The van der Waals surface area contributed by atoms with Crippen molar-refractivity contribution in [3.8, 4) is 0 Å².